The van der Waals surface area contributed by atoms with E-state index in [9.17, 15) is 9.59 Å². The Bertz CT molecular complexity index is 2020. The molecule has 15 nitrogen and oxygen atoms in total. The van der Waals surface area contributed by atoms with Gasteiger partial charge in [0, 0.05) is 139 Å². The predicted octanol–water partition coefficient (Wildman–Crippen LogP) is 3.92. The highest BCUT2D eigenvalue weighted by Gasteiger charge is 2.45. The lowest BCUT2D eigenvalue weighted by molar-refractivity contribution is -0.124. The van der Waals surface area contributed by atoms with Crippen molar-refractivity contribution in [2.75, 3.05) is 101 Å². The maximum Gasteiger partial charge on any atom is 0.407 e. The van der Waals surface area contributed by atoms with Gasteiger partial charge in [-0.3, -0.25) is 24.4 Å². The minimum Gasteiger partial charge on any atom is -0.465 e. The summed E-state index contributed by atoms with van der Waals surface area (Å²) in [6.45, 7) is 18.9. The molecule has 4 saturated heterocycles. The van der Waals surface area contributed by atoms with Crippen LogP contribution in [0.2, 0.25) is 0 Å². The molecule has 1 saturated carbocycles. The van der Waals surface area contributed by atoms with E-state index in [0.717, 1.165) is 101 Å². The van der Waals surface area contributed by atoms with Gasteiger partial charge < -0.3 is 48.9 Å². The zero-order chi connectivity index (χ0) is 45.5. The smallest absolute Gasteiger partial charge is 0.407 e. The van der Waals surface area contributed by atoms with Crippen LogP contribution >= 0.6 is 0 Å². The highest BCUT2D eigenvalue weighted by Crippen LogP contribution is 2.37. The molecule has 0 bridgehead atoms. The van der Waals surface area contributed by atoms with E-state index < -0.39 is 6.09 Å². The molecule has 4 heterocycles. The summed E-state index contributed by atoms with van der Waals surface area (Å²) in [4.78, 5) is 32.8. The van der Waals surface area contributed by atoms with Crippen molar-refractivity contribution in [3.63, 3.8) is 0 Å². The predicted molar refractivity (Wildman–Crippen MR) is 259 cm³/mol. The van der Waals surface area contributed by atoms with E-state index in [1.54, 1.807) is 0 Å². The number of nitrogens with zero attached hydrogens (tertiary/aromatic N) is 5. The summed E-state index contributed by atoms with van der Waals surface area (Å²) in [5, 5.41) is 18.8. The number of piperazine rings is 4. The van der Waals surface area contributed by atoms with Crippen molar-refractivity contribution in [2.45, 2.75) is 70.5 Å². The molecule has 64 heavy (non-hydrogen) atoms. The second kappa shape index (κ2) is 23.5. The number of carboxylic acid groups (broad SMARTS) is 1. The molecule has 12 N–H and O–H groups in total. The van der Waals surface area contributed by atoms with Gasteiger partial charge in [0.1, 0.15) is 0 Å². The van der Waals surface area contributed by atoms with Crippen LogP contribution in [0.15, 0.2) is 97.1 Å². The second-order valence-electron chi connectivity index (χ2n) is 18.1. The Labute approximate surface area is 380 Å². The number of rotatable bonds is 8. The monoisotopic (exact) mass is 877 g/mol. The van der Waals surface area contributed by atoms with Gasteiger partial charge in [-0.05, 0) is 97.5 Å². The summed E-state index contributed by atoms with van der Waals surface area (Å²) in [7, 11) is 0. The molecule has 2 amide bonds. The Hall–Kier alpha value is -5.42. The normalized spacial score (nSPS) is 21.2. The highest BCUT2D eigenvalue weighted by atomic mass is 16.4. The van der Waals surface area contributed by atoms with E-state index in [4.69, 9.17) is 28.0 Å². The van der Waals surface area contributed by atoms with Crippen LogP contribution in [0.4, 0.5) is 27.5 Å². The molecule has 0 aromatic heterocycles. The molecule has 0 unspecified atom stereocenters. The number of hydrogen-bond donors (Lipinski definition) is 8. The molecule has 4 aromatic carbocycles. The van der Waals surface area contributed by atoms with Gasteiger partial charge in [0.05, 0.1) is 6.54 Å². The number of hydrogen-bond acceptors (Lipinski definition) is 12. The fourth-order valence-electron chi connectivity index (χ4n) is 8.41. The van der Waals surface area contributed by atoms with Gasteiger partial charge in [-0.1, -0.05) is 48.5 Å². The molecule has 1 aliphatic carbocycles. The third-order valence-electron chi connectivity index (χ3n) is 12.5. The third kappa shape index (κ3) is 16.0. The Morgan fingerprint density at radius 3 is 1.55 bits per heavy atom. The average Bonchev–Trinajstić information content (AvgIpc) is 4.03. The summed E-state index contributed by atoms with van der Waals surface area (Å²) < 4.78 is 0. The minimum absolute atomic E-state index is 0.108. The van der Waals surface area contributed by atoms with Gasteiger partial charge in [0.25, 0.3) is 0 Å². The molecule has 1 spiro atoms. The van der Waals surface area contributed by atoms with Gasteiger partial charge in [-0.2, -0.15) is 0 Å². The van der Waals surface area contributed by atoms with E-state index >= 15 is 0 Å². The van der Waals surface area contributed by atoms with Crippen LogP contribution < -0.4 is 38.9 Å². The molecular formula is C49H72N12O3. The fraction of sp³-hybridized carbons (Fsp3) is 0.469. The Morgan fingerprint density at radius 1 is 0.625 bits per heavy atom. The van der Waals surface area contributed by atoms with Crippen molar-refractivity contribution in [1.82, 2.24) is 40.4 Å². The largest absolute Gasteiger partial charge is 0.465 e. The Morgan fingerprint density at radius 2 is 1.08 bits per heavy atom. The molecule has 2 atom stereocenters. The number of nitrogen functional groups attached to an aromatic ring is 4. The molecule has 5 aliphatic rings. The van der Waals surface area contributed by atoms with Gasteiger partial charge in [0.2, 0.25) is 5.91 Å². The number of nitrogens with one attached hydrogen (secondary N) is 3. The molecule has 15 heteroatoms. The summed E-state index contributed by atoms with van der Waals surface area (Å²) >= 11 is 0. The van der Waals surface area contributed by atoms with Crippen molar-refractivity contribution in [3.05, 3.63) is 119 Å². The lowest BCUT2D eigenvalue weighted by Crippen LogP contribution is -2.53. The van der Waals surface area contributed by atoms with Crippen LogP contribution in [0, 0.1) is 0 Å². The van der Waals surface area contributed by atoms with Crippen molar-refractivity contribution in [3.8, 4) is 0 Å². The van der Waals surface area contributed by atoms with E-state index in [1.165, 1.54) is 46.5 Å². The fourth-order valence-corrected chi connectivity index (χ4v) is 8.41. The third-order valence-corrected chi connectivity index (χ3v) is 12.5. The maximum atomic E-state index is 11.1. The zero-order valence-electron chi connectivity index (χ0n) is 37.9. The average molecular weight is 877 g/mol. The summed E-state index contributed by atoms with van der Waals surface area (Å²) in [6.07, 6.45) is 1.88. The SMILES string of the molecule is C[C@@H]1CN[C@@H](C)CN1Cc1ccc(N)cc1.Nc1ccc(CN2CCN(C(=O)O)CC2)cc1.Nc1ccc(CN2CCNC(=O)C2)cc1.Nc1ccc(CN2CCNC3(CC3)C2)cc1. The van der Waals surface area contributed by atoms with Crippen LogP contribution in [0.1, 0.15) is 48.9 Å². The quantitative estimate of drug-likeness (QED) is 0.118. The number of benzene rings is 4. The van der Waals surface area contributed by atoms with Gasteiger partial charge in [-0.25, -0.2) is 4.79 Å². The standard InChI is InChI=1S/C13H19N3.C13H21N3.C12H17N3O2.C11H15N3O/c14-12-3-1-11(2-4-12)9-16-8-7-15-13(10-16)5-6-13;1-10-8-16(11(2)7-15-10)9-12-3-5-13(14)6-4-12;13-11-3-1-10(2-4-11)9-14-5-7-15(8-6-14)12(16)17;12-10-3-1-9(2-4-10)7-14-6-5-13-11(15)8-14/h1-4,15H,5-10,14H2;3-6,10-11,15H,7-9,14H2,1-2H3;1-4H,5-9,13H2,(H,16,17);1-4H,5-8,12H2,(H,13,15)/t;10-,11+;;/m.0../s1. The first kappa shape index (κ1) is 48.0. The molecular weight excluding hydrogens is 805 g/mol. The first-order valence-corrected chi connectivity index (χ1v) is 22.8. The van der Waals surface area contributed by atoms with E-state index in [-0.39, 0.29) is 5.91 Å². The number of amides is 2. The lowest BCUT2D eigenvalue weighted by atomic mass is 10.1. The zero-order valence-corrected chi connectivity index (χ0v) is 37.9. The molecule has 0 radical (unpaired) electrons. The van der Waals surface area contributed by atoms with E-state index in [1.807, 2.05) is 72.8 Å². The van der Waals surface area contributed by atoms with Crippen LogP contribution in [0.25, 0.3) is 0 Å². The van der Waals surface area contributed by atoms with Crippen molar-refractivity contribution in [1.29, 1.82) is 0 Å². The minimum atomic E-state index is -0.822. The Kier molecular flexibility index (Phi) is 17.6. The Balaban J connectivity index is 0.000000142. The van der Waals surface area contributed by atoms with Gasteiger partial charge >= 0.3 is 6.09 Å². The van der Waals surface area contributed by atoms with E-state index in [0.29, 0.717) is 37.3 Å². The second-order valence-corrected chi connectivity index (χ2v) is 18.1. The molecule has 5 fully saturated rings. The molecule has 4 aromatic rings. The summed E-state index contributed by atoms with van der Waals surface area (Å²) in [5.74, 6) is 0.108. The summed E-state index contributed by atoms with van der Waals surface area (Å²) in [6, 6.07) is 33.2. The highest BCUT2D eigenvalue weighted by molar-refractivity contribution is 5.78. The van der Waals surface area contributed by atoms with Crippen molar-refractivity contribution in [2.24, 2.45) is 0 Å². The van der Waals surface area contributed by atoms with Crippen LogP contribution in [-0.4, -0.2) is 138 Å². The maximum absolute atomic E-state index is 11.1. The van der Waals surface area contributed by atoms with Crippen LogP contribution in [0.3, 0.4) is 0 Å². The number of nitrogens with two attached hydrogens (primary N) is 4. The first-order valence-electron chi connectivity index (χ1n) is 22.8. The number of carbonyl (C=O) groups is 2. The summed E-state index contributed by atoms with van der Waals surface area (Å²) in [5.41, 5.74) is 31.4. The number of carbonyl (C=O) groups excluding carboxylic acids is 1. The van der Waals surface area contributed by atoms with Crippen LogP contribution in [-0.2, 0) is 31.0 Å². The van der Waals surface area contributed by atoms with Crippen molar-refractivity contribution < 1.29 is 14.7 Å². The van der Waals surface area contributed by atoms with Gasteiger partial charge in [0.15, 0.2) is 0 Å². The molecule has 4 aliphatic heterocycles. The van der Waals surface area contributed by atoms with E-state index in [2.05, 4.69) is 73.7 Å². The lowest BCUT2D eigenvalue weighted by Gasteiger charge is -2.37. The van der Waals surface area contributed by atoms with Crippen molar-refractivity contribution >= 4 is 34.7 Å². The topological polar surface area (TPSA) is 211 Å². The van der Waals surface area contributed by atoms with Gasteiger partial charge in [-0.15, -0.1) is 0 Å². The molecule has 9 rings (SSSR count). The van der Waals surface area contributed by atoms with Crippen LogP contribution in [0.5, 0.6) is 0 Å². The number of anilines is 4. The molecule has 346 valence electrons. The first-order chi connectivity index (χ1) is 30.8.